The maximum Gasteiger partial charge on any atom is 0.152 e. The van der Waals surface area contributed by atoms with Gasteiger partial charge in [-0.3, -0.25) is 0 Å². The van der Waals surface area contributed by atoms with Crippen LogP contribution in [0.15, 0.2) is 67.1 Å². The zero-order valence-corrected chi connectivity index (χ0v) is 17.8. The highest BCUT2D eigenvalue weighted by Gasteiger charge is 2.14. The standard InChI is InChI=1S/C22H20ClN5OS/c1-30-28-19-10-16(11-24-21(19)23)15-7-8-18-17(9-15)22(26-13-25-18)27-20(12-29)14-5-3-2-4-6-14/h2-11,13,20,28-29H,12H2,1H3,(H,25,26,27). The molecule has 4 rings (SSSR count). The van der Waals surface area contributed by atoms with E-state index in [1.54, 1.807) is 6.20 Å². The fourth-order valence-electron chi connectivity index (χ4n) is 3.22. The number of nitrogens with zero attached hydrogens (tertiary/aromatic N) is 3. The van der Waals surface area contributed by atoms with Crippen molar-refractivity contribution in [3.8, 4) is 11.1 Å². The quantitative estimate of drug-likeness (QED) is 0.271. The minimum atomic E-state index is -0.275. The van der Waals surface area contributed by atoms with Crippen molar-refractivity contribution in [1.29, 1.82) is 0 Å². The molecule has 0 saturated carbocycles. The van der Waals surface area contributed by atoms with Crippen LogP contribution in [0, 0.1) is 0 Å². The molecule has 0 aliphatic heterocycles. The molecule has 4 aromatic rings. The van der Waals surface area contributed by atoms with Crippen LogP contribution in [0.4, 0.5) is 11.5 Å². The third-order valence-corrected chi connectivity index (χ3v) is 5.44. The first-order valence-electron chi connectivity index (χ1n) is 9.31. The molecule has 6 nitrogen and oxygen atoms in total. The van der Waals surface area contributed by atoms with Gasteiger partial charge in [0.05, 0.1) is 23.9 Å². The zero-order valence-electron chi connectivity index (χ0n) is 16.2. The summed E-state index contributed by atoms with van der Waals surface area (Å²) in [6.45, 7) is -0.0555. The Morgan fingerprint density at radius 3 is 2.63 bits per heavy atom. The molecule has 0 saturated heterocycles. The smallest absolute Gasteiger partial charge is 0.152 e. The van der Waals surface area contributed by atoms with E-state index in [4.69, 9.17) is 11.6 Å². The van der Waals surface area contributed by atoms with Crippen LogP contribution >= 0.6 is 23.5 Å². The van der Waals surface area contributed by atoms with Crippen LogP contribution < -0.4 is 10.0 Å². The molecule has 30 heavy (non-hydrogen) atoms. The number of aromatic nitrogens is 3. The highest BCUT2D eigenvalue weighted by Crippen LogP contribution is 2.32. The average molecular weight is 438 g/mol. The van der Waals surface area contributed by atoms with Gasteiger partial charge >= 0.3 is 0 Å². The van der Waals surface area contributed by atoms with Crippen molar-refractivity contribution in [2.75, 3.05) is 22.9 Å². The molecule has 0 fully saturated rings. The van der Waals surface area contributed by atoms with Crippen LogP contribution in [0.2, 0.25) is 5.15 Å². The molecule has 0 amide bonds. The Balaban J connectivity index is 1.73. The largest absolute Gasteiger partial charge is 0.394 e. The van der Waals surface area contributed by atoms with Gasteiger partial charge in [-0.2, -0.15) is 0 Å². The second kappa shape index (κ2) is 9.30. The van der Waals surface area contributed by atoms with Gasteiger partial charge in [0, 0.05) is 23.4 Å². The van der Waals surface area contributed by atoms with Crippen LogP contribution in [0.1, 0.15) is 11.6 Å². The number of pyridine rings is 1. The summed E-state index contributed by atoms with van der Waals surface area (Å²) in [6.07, 6.45) is 5.19. The summed E-state index contributed by atoms with van der Waals surface area (Å²) in [5.41, 5.74) is 4.44. The van der Waals surface area contributed by atoms with Crippen molar-refractivity contribution >= 4 is 46.0 Å². The Morgan fingerprint density at radius 1 is 1.03 bits per heavy atom. The topological polar surface area (TPSA) is 83.0 Å². The first kappa shape index (κ1) is 20.4. The lowest BCUT2D eigenvalue weighted by atomic mass is 10.0. The maximum absolute atomic E-state index is 9.92. The third-order valence-electron chi connectivity index (χ3n) is 4.72. The van der Waals surface area contributed by atoms with Gasteiger partial charge in [-0.15, -0.1) is 0 Å². The number of halogens is 1. The maximum atomic E-state index is 9.92. The molecule has 1 atom stereocenters. The number of aliphatic hydroxyl groups excluding tert-OH is 1. The number of aliphatic hydroxyl groups is 1. The molecule has 0 aliphatic carbocycles. The number of fused-ring (bicyclic) bond motifs is 1. The van der Waals surface area contributed by atoms with Gasteiger partial charge < -0.3 is 15.1 Å². The van der Waals surface area contributed by atoms with Gasteiger partial charge in [0.25, 0.3) is 0 Å². The van der Waals surface area contributed by atoms with Crippen LogP contribution in [0.25, 0.3) is 22.0 Å². The summed E-state index contributed by atoms with van der Waals surface area (Å²) in [5.74, 6) is 0.661. The van der Waals surface area contributed by atoms with E-state index in [-0.39, 0.29) is 12.6 Å². The molecule has 0 radical (unpaired) electrons. The number of hydrogen-bond acceptors (Lipinski definition) is 7. The van der Waals surface area contributed by atoms with Gasteiger partial charge in [-0.1, -0.05) is 59.9 Å². The van der Waals surface area contributed by atoms with E-state index < -0.39 is 0 Å². The molecule has 0 bridgehead atoms. The van der Waals surface area contributed by atoms with Crippen LogP contribution in [-0.2, 0) is 0 Å². The van der Waals surface area contributed by atoms with Crippen molar-refractivity contribution in [3.05, 3.63) is 77.8 Å². The summed E-state index contributed by atoms with van der Waals surface area (Å²) >= 11 is 7.63. The molecular weight excluding hydrogens is 418 g/mol. The van der Waals surface area contributed by atoms with Crippen molar-refractivity contribution < 1.29 is 5.11 Å². The predicted molar refractivity (Wildman–Crippen MR) is 125 cm³/mol. The van der Waals surface area contributed by atoms with Crippen molar-refractivity contribution in [2.24, 2.45) is 0 Å². The Kier molecular flexibility index (Phi) is 6.32. The lowest BCUT2D eigenvalue weighted by molar-refractivity contribution is 0.276. The molecule has 3 N–H and O–H groups in total. The van der Waals surface area contributed by atoms with Crippen molar-refractivity contribution in [1.82, 2.24) is 15.0 Å². The Labute approximate surface area is 183 Å². The summed E-state index contributed by atoms with van der Waals surface area (Å²) in [4.78, 5) is 13.1. The Morgan fingerprint density at radius 2 is 1.87 bits per heavy atom. The number of nitrogens with one attached hydrogen (secondary N) is 2. The van der Waals surface area contributed by atoms with E-state index in [0.29, 0.717) is 11.0 Å². The lowest BCUT2D eigenvalue weighted by Crippen LogP contribution is -2.16. The summed E-state index contributed by atoms with van der Waals surface area (Å²) in [5, 5.41) is 14.6. The number of anilines is 2. The first-order valence-corrected chi connectivity index (χ1v) is 10.9. The molecule has 2 aromatic heterocycles. The average Bonchev–Trinajstić information content (AvgIpc) is 2.79. The Bertz CT molecular complexity index is 1160. The van der Waals surface area contributed by atoms with Gasteiger partial charge in [-0.05, 0) is 29.3 Å². The van der Waals surface area contributed by atoms with E-state index in [1.165, 1.54) is 18.3 Å². The SMILES string of the molecule is CSNc1cc(-c2ccc3ncnc(NC(CO)c4ccccc4)c3c2)cnc1Cl. The molecule has 152 valence electrons. The molecular formula is C22H20ClN5OS. The minimum Gasteiger partial charge on any atom is -0.394 e. The van der Waals surface area contributed by atoms with Crippen LogP contribution in [-0.4, -0.2) is 32.9 Å². The third kappa shape index (κ3) is 4.33. The highest BCUT2D eigenvalue weighted by atomic mass is 35.5. The first-order chi connectivity index (χ1) is 14.7. The zero-order chi connectivity index (χ0) is 20.9. The molecule has 0 spiro atoms. The van der Waals surface area contributed by atoms with Crippen molar-refractivity contribution in [3.63, 3.8) is 0 Å². The van der Waals surface area contributed by atoms with Crippen LogP contribution in [0.5, 0.6) is 0 Å². The highest BCUT2D eigenvalue weighted by molar-refractivity contribution is 7.99. The Hall–Kier alpha value is -2.87. The minimum absolute atomic E-state index is 0.0555. The van der Waals surface area contributed by atoms with E-state index >= 15 is 0 Å². The lowest BCUT2D eigenvalue weighted by Gasteiger charge is -2.18. The normalized spacial score (nSPS) is 12.0. The predicted octanol–water partition coefficient (Wildman–Crippen LogP) is 5.18. The van der Waals surface area contributed by atoms with E-state index in [0.717, 1.165) is 33.3 Å². The van der Waals surface area contributed by atoms with E-state index in [2.05, 4.69) is 25.0 Å². The molecule has 8 heteroatoms. The number of benzene rings is 2. The molecule has 2 aromatic carbocycles. The molecule has 2 heterocycles. The summed E-state index contributed by atoms with van der Waals surface area (Å²) in [6, 6.07) is 17.4. The van der Waals surface area contributed by atoms with Crippen molar-refractivity contribution in [2.45, 2.75) is 6.04 Å². The van der Waals surface area contributed by atoms with Gasteiger partial charge in [0.15, 0.2) is 5.15 Å². The number of hydrogen-bond donors (Lipinski definition) is 3. The summed E-state index contributed by atoms with van der Waals surface area (Å²) < 4.78 is 3.14. The van der Waals surface area contributed by atoms with E-state index in [9.17, 15) is 5.11 Å². The van der Waals surface area contributed by atoms with Crippen LogP contribution in [0.3, 0.4) is 0 Å². The van der Waals surface area contributed by atoms with Gasteiger partial charge in [0.1, 0.15) is 12.1 Å². The number of rotatable bonds is 7. The molecule has 1 unspecified atom stereocenters. The van der Waals surface area contributed by atoms with Gasteiger partial charge in [0.2, 0.25) is 0 Å². The fraction of sp³-hybridized carbons (Fsp3) is 0.136. The monoisotopic (exact) mass is 437 g/mol. The fourth-order valence-corrected chi connectivity index (χ4v) is 3.81. The van der Waals surface area contributed by atoms with Gasteiger partial charge in [-0.25, -0.2) is 15.0 Å². The molecule has 0 aliphatic rings. The van der Waals surface area contributed by atoms with E-state index in [1.807, 2.05) is 60.9 Å². The second-order valence-corrected chi connectivity index (χ2v) is 7.58. The second-order valence-electron chi connectivity index (χ2n) is 6.61. The summed E-state index contributed by atoms with van der Waals surface area (Å²) in [7, 11) is 0.